The normalized spacial score (nSPS) is 12.7. The predicted molar refractivity (Wildman–Crippen MR) is 118 cm³/mol. The van der Waals surface area contributed by atoms with Crippen molar-refractivity contribution in [3.05, 3.63) is 41.3 Å². The molecule has 0 unspecified atom stereocenters. The quantitative estimate of drug-likeness (QED) is 0.488. The molecule has 0 spiro atoms. The number of aromatic nitrogens is 1. The number of carbonyl (C=O) groups is 1. The summed E-state index contributed by atoms with van der Waals surface area (Å²) in [6.45, 7) is 5.88. The lowest BCUT2D eigenvalue weighted by atomic mass is 10.1. The maximum atomic E-state index is 12.9. The van der Waals surface area contributed by atoms with Gasteiger partial charge in [0.2, 0.25) is 12.7 Å². The van der Waals surface area contributed by atoms with Crippen molar-refractivity contribution in [2.45, 2.75) is 26.8 Å². The van der Waals surface area contributed by atoms with Crippen LogP contribution >= 0.6 is 11.3 Å². The number of rotatable bonds is 8. The summed E-state index contributed by atoms with van der Waals surface area (Å²) in [4.78, 5) is 20.8. The second-order valence-electron chi connectivity index (χ2n) is 7.63. The second kappa shape index (κ2) is 9.02. The van der Waals surface area contributed by atoms with Crippen LogP contribution in [0.1, 0.15) is 25.8 Å². The van der Waals surface area contributed by atoms with E-state index in [9.17, 15) is 4.79 Å². The number of pyridine rings is 1. The van der Waals surface area contributed by atoms with Gasteiger partial charge >= 0.3 is 0 Å². The molecule has 0 saturated heterocycles. The van der Waals surface area contributed by atoms with E-state index in [2.05, 4.69) is 12.1 Å². The summed E-state index contributed by atoms with van der Waals surface area (Å²) in [5.41, 5.74) is 2.78. The van der Waals surface area contributed by atoms with Crippen LogP contribution in [0.2, 0.25) is 0 Å². The number of benzene rings is 1. The predicted octanol–water partition coefficient (Wildman–Crippen LogP) is 4.71. The van der Waals surface area contributed by atoms with E-state index in [0.29, 0.717) is 19.7 Å². The Morgan fingerprint density at radius 3 is 2.77 bits per heavy atom. The van der Waals surface area contributed by atoms with Crippen molar-refractivity contribution in [3.8, 4) is 22.1 Å². The van der Waals surface area contributed by atoms with Crippen LogP contribution < -0.4 is 9.47 Å². The molecule has 3 aromatic rings. The molecular formula is C23H26N2O4S. The summed E-state index contributed by atoms with van der Waals surface area (Å²) in [7, 11) is 1.68. The number of thiophene rings is 1. The molecule has 0 atom stereocenters. The first-order valence-corrected chi connectivity index (χ1v) is 11.0. The Labute approximate surface area is 180 Å². The summed E-state index contributed by atoms with van der Waals surface area (Å²) in [5.74, 6) is 1.51. The maximum absolute atomic E-state index is 12.9. The third kappa shape index (κ3) is 4.27. The minimum Gasteiger partial charge on any atom is -0.454 e. The fourth-order valence-corrected chi connectivity index (χ4v) is 4.34. The monoisotopic (exact) mass is 426 g/mol. The Morgan fingerprint density at radius 2 is 2.07 bits per heavy atom. The van der Waals surface area contributed by atoms with E-state index in [-0.39, 0.29) is 18.6 Å². The Hall–Kier alpha value is -2.64. The zero-order valence-electron chi connectivity index (χ0n) is 17.5. The molecule has 0 saturated carbocycles. The van der Waals surface area contributed by atoms with E-state index >= 15 is 0 Å². The first-order chi connectivity index (χ1) is 14.6. The molecule has 0 fully saturated rings. The highest BCUT2D eigenvalue weighted by Gasteiger charge is 2.22. The molecule has 30 heavy (non-hydrogen) atoms. The highest BCUT2D eigenvalue weighted by atomic mass is 32.1. The van der Waals surface area contributed by atoms with E-state index in [1.54, 1.807) is 18.4 Å². The molecule has 1 amide bonds. The zero-order chi connectivity index (χ0) is 21.1. The highest BCUT2D eigenvalue weighted by molar-refractivity contribution is 7.13. The number of nitrogens with zero attached hydrogens (tertiary/aromatic N) is 2. The lowest BCUT2D eigenvalue weighted by molar-refractivity contribution is -0.135. The Balaban J connectivity index is 1.75. The van der Waals surface area contributed by atoms with E-state index in [0.717, 1.165) is 45.0 Å². The van der Waals surface area contributed by atoms with Gasteiger partial charge in [-0.1, -0.05) is 19.9 Å². The molecule has 0 bridgehead atoms. The van der Waals surface area contributed by atoms with Gasteiger partial charge in [-0.05, 0) is 35.6 Å². The van der Waals surface area contributed by atoms with Gasteiger partial charge < -0.3 is 19.1 Å². The molecule has 0 radical (unpaired) electrons. The van der Waals surface area contributed by atoms with E-state index in [4.69, 9.17) is 19.2 Å². The van der Waals surface area contributed by atoms with E-state index < -0.39 is 0 Å². The summed E-state index contributed by atoms with van der Waals surface area (Å²) in [5, 5.41) is 3.02. The fourth-order valence-electron chi connectivity index (χ4n) is 3.59. The fraction of sp³-hybridized carbons (Fsp3) is 0.391. The van der Waals surface area contributed by atoms with Crippen molar-refractivity contribution >= 4 is 28.1 Å². The van der Waals surface area contributed by atoms with E-state index in [1.165, 1.54) is 0 Å². The molecule has 158 valence electrons. The molecule has 2 aromatic heterocycles. The number of hydrogen-bond acceptors (Lipinski definition) is 6. The van der Waals surface area contributed by atoms with Crippen LogP contribution in [0.3, 0.4) is 0 Å². The second-order valence-corrected chi connectivity index (χ2v) is 8.58. The molecule has 1 aliphatic heterocycles. The van der Waals surface area contributed by atoms with E-state index in [1.807, 2.05) is 42.3 Å². The Morgan fingerprint density at radius 1 is 1.27 bits per heavy atom. The van der Waals surface area contributed by atoms with Crippen molar-refractivity contribution in [2.75, 3.05) is 27.1 Å². The van der Waals surface area contributed by atoms with Crippen LogP contribution in [0.4, 0.5) is 0 Å². The highest BCUT2D eigenvalue weighted by Crippen LogP contribution is 2.38. The Kier molecular flexibility index (Phi) is 6.20. The number of amides is 1. The molecule has 1 aromatic carbocycles. The number of ether oxygens (including phenoxy) is 3. The molecule has 0 aliphatic carbocycles. The summed E-state index contributed by atoms with van der Waals surface area (Å²) in [6, 6.07) is 10.1. The molecule has 0 N–H and O–H groups in total. The zero-order valence-corrected chi connectivity index (χ0v) is 18.3. The average Bonchev–Trinajstić information content (AvgIpc) is 3.42. The van der Waals surface area contributed by atoms with Crippen LogP contribution in [-0.2, 0) is 16.1 Å². The van der Waals surface area contributed by atoms with Crippen LogP contribution in [0.15, 0.2) is 35.7 Å². The standard InChI is InChI=1S/C23H26N2O4S/c1-15(2)23(26)25(7-5-8-27-3)13-17-10-16-11-19-20(29-14-28-19)12-18(16)24-22(17)21-6-4-9-30-21/h4,6,9-12,15H,5,7-8,13-14H2,1-3H3. The number of hydrogen-bond donors (Lipinski definition) is 0. The van der Waals surface area contributed by atoms with Gasteiger partial charge in [-0.25, -0.2) is 4.98 Å². The lowest BCUT2D eigenvalue weighted by Crippen LogP contribution is -2.35. The van der Waals surface area contributed by atoms with Crippen molar-refractivity contribution in [3.63, 3.8) is 0 Å². The molecule has 7 heteroatoms. The van der Waals surface area contributed by atoms with Gasteiger partial charge in [0.05, 0.1) is 16.1 Å². The van der Waals surface area contributed by atoms with Crippen molar-refractivity contribution in [1.29, 1.82) is 0 Å². The van der Waals surface area contributed by atoms with Gasteiger partial charge in [0.25, 0.3) is 0 Å². The number of carbonyl (C=O) groups excluding carboxylic acids is 1. The molecule has 1 aliphatic rings. The van der Waals surface area contributed by atoms with Gasteiger partial charge in [-0.15, -0.1) is 11.3 Å². The third-order valence-corrected chi connectivity index (χ3v) is 5.96. The van der Waals surface area contributed by atoms with Gasteiger partial charge in [-0.2, -0.15) is 0 Å². The summed E-state index contributed by atoms with van der Waals surface area (Å²) < 4.78 is 16.3. The largest absolute Gasteiger partial charge is 0.454 e. The topological polar surface area (TPSA) is 60.9 Å². The van der Waals surface area contributed by atoms with Gasteiger partial charge in [0.1, 0.15) is 0 Å². The third-order valence-electron chi connectivity index (χ3n) is 5.09. The molecule has 6 nitrogen and oxygen atoms in total. The smallest absolute Gasteiger partial charge is 0.231 e. The van der Waals surface area contributed by atoms with Crippen molar-refractivity contribution in [2.24, 2.45) is 5.92 Å². The van der Waals surface area contributed by atoms with Crippen molar-refractivity contribution in [1.82, 2.24) is 9.88 Å². The van der Waals surface area contributed by atoms with Gasteiger partial charge in [0.15, 0.2) is 11.5 Å². The van der Waals surface area contributed by atoms with Crippen molar-refractivity contribution < 1.29 is 19.0 Å². The van der Waals surface area contributed by atoms with Crippen LogP contribution in [-0.4, -0.2) is 42.8 Å². The summed E-state index contributed by atoms with van der Waals surface area (Å²) >= 11 is 1.65. The molecular weight excluding hydrogens is 400 g/mol. The minimum atomic E-state index is -0.0695. The van der Waals surface area contributed by atoms with Crippen LogP contribution in [0, 0.1) is 5.92 Å². The molecule has 3 heterocycles. The SMILES string of the molecule is COCCCN(Cc1cc2cc3c(cc2nc1-c1cccs1)OCO3)C(=O)C(C)C. The van der Waals surface area contributed by atoms with Gasteiger partial charge in [0, 0.05) is 44.2 Å². The lowest BCUT2D eigenvalue weighted by Gasteiger charge is -2.25. The molecule has 4 rings (SSSR count). The maximum Gasteiger partial charge on any atom is 0.231 e. The van der Waals surface area contributed by atoms with Gasteiger partial charge in [-0.3, -0.25) is 4.79 Å². The Bertz CT molecular complexity index is 1030. The summed E-state index contributed by atoms with van der Waals surface area (Å²) in [6.07, 6.45) is 0.795. The number of methoxy groups -OCH3 is 1. The average molecular weight is 427 g/mol. The first-order valence-electron chi connectivity index (χ1n) is 10.1. The van der Waals surface area contributed by atoms with Crippen LogP contribution in [0.5, 0.6) is 11.5 Å². The minimum absolute atomic E-state index is 0.0695. The first kappa shape index (κ1) is 20.6. The number of fused-ring (bicyclic) bond motifs is 2. The van der Waals surface area contributed by atoms with Crippen LogP contribution in [0.25, 0.3) is 21.5 Å².